The lowest BCUT2D eigenvalue weighted by molar-refractivity contribution is 0.0281. The Labute approximate surface area is 140 Å². The Hall–Kier alpha value is -1.51. The van der Waals surface area contributed by atoms with E-state index in [2.05, 4.69) is 22.1 Å². The molecule has 0 unspecified atom stereocenters. The predicted octanol–water partition coefficient (Wildman–Crippen LogP) is 2.26. The Balaban J connectivity index is 1.58. The van der Waals surface area contributed by atoms with Crippen molar-refractivity contribution in [3.8, 4) is 11.4 Å². The van der Waals surface area contributed by atoms with Crippen molar-refractivity contribution >= 4 is 16.5 Å². The maximum Gasteiger partial charge on any atom is 0.185 e. The summed E-state index contributed by atoms with van der Waals surface area (Å²) in [6.07, 6.45) is 4.34. The van der Waals surface area contributed by atoms with Crippen LogP contribution >= 0.6 is 11.3 Å². The Morgan fingerprint density at radius 3 is 2.87 bits per heavy atom. The zero-order chi connectivity index (χ0) is 16.1. The molecule has 23 heavy (non-hydrogen) atoms. The summed E-state index contributed by atoms with van der Waals surface area (Å²) in [6.45, 7) is 5.99. The second kappa shape index (κ2) is 7.85. The molecule has 0 spiro atoms. The molecule has 2 aromatic rings. The van der Waals surface area contributed by atoms with Crippen molar-refractivity contribution in [1.82, 2.24) is 20.0 Å². The van der Waals surface area contributed by atoms with E-state index in [1.165, 1.54) is 12.8 Å². The van der Waals surface area contributed by atoms with Crippen molar-refractivity contribution in [2.45, 2.75) is 26.5 Å². The Morgan fingerprint density at radius 2 is 2.09 bits per heavy atom. The smallest absolute Gasteiger partial charge is 0.185 e. The van der Waals surface area contributed by atoms with Gasteiger partial charge in [-0.25, -0.2) is 9.67 Å². The van der Waals surface area contributed by atoms with E-state index in [9.17, 15) is 0 Å². The van der Waals surface area contributed by atoms with Crippen LogP contribution in [0, 0.1) is 5.92 Å². The lowest BCUT2D eigenvalue weighted by Gasteiger charge is -2.29. The summed E-state index contributed by atoms with van der Waals surface area (Å²) in [5, 5.41) is 11.4. The molecule has 1 fully saturated rings. The highest BCUT2D eigenvalue weighted by Crippen LogP contribution is 2.29. The molecule has 0 aliphatic carbocycles. The fourth-order valence-corrected chi connectivity index (χ4v) is 3.38. The van der Waals surface area contributed by atoms with E-state index in [1.807, 2.05) is 11.6 Å². The highest BCUT2D eigenvalue weighted by atomic mass is 32.1. The average Bonchev–Trinajstić information content (AvgIpc) is 3.21. The number of nitrogens with zero attached hydrogens (tertiary/aromatic N) is 5. The maximum atomic E-state index is 5.43. The monoisotopic (exact) mass is 337 g/mol. The Morgan fingerprint density at radius 1 is 1.26 bits per heavy atom. The fraction of sp³-hybridized carbons (Fsp3) is 0.667. The van der Waals surface area contributed by atoms with E-state index < -0.39 is 0 Å². The van der Waals surface area contributed by atoms with E-state index in [0.717, 1.165) is 35.5 Å². The molecule has 2 aromatic heterocycles. The van der Waals surface area contributed by atoms with Gasteiger partial charge >= 0.3 is 0 Å². The molecule has 1 saturated heterocycles. The summed E-state index contributed by atoms with van der Waals surface area (Å²) in [6, 6.07) is 0. The van der Waals surface area contributed by atoms with Crippen LogP contribution in [-0.4, -0.2) is 53.4 Å². The van der Waals surface area contributed by atoms with Crippen LogP contribution in [0.15, 0.2) is 11.6 Å². The Kier molecular flexibility index (Phi) is 5.58. The number of aromatic nitrogens is 4. The van der Waals surface area contributed by atoms with Gasteiger partial charge in [0, 0.05) is 25.6 Å². The number of thiazole rings is 1. The second-order valence-corrected chi connectivity index (χ2v) is 6.69. The first kappa shape index (κ1) is 16.4. The lowest BCUT2D eigenvalue weighted by Crippen LogP contribution is -2.32. The number of anilines is 1. The standard InChI is InChI=1S/C15H23N5O2S/c1-12-3-5-19(6-4-12)15-16-14(10-23-15)13-9-20(18-17-13)11-22-8-7-21-2/h9-10,12H,3-8,11H2,1-2H3. The highest BCUT2D eigenvalue weighted by Gasteiger charge is 2.19. The molecular formula is C15H23N5O2S. The molecule has 0 saturated carbocycles. The first-order valence-corrected chi connectivity index (χ1v) is 8.82. The molecular weight excluding hydrogens is 314 g/mol. The second-order valence-electron chi connectivity index (χ2n) is 5.86. The van der Waals surface area contributed by atoms with Gasteiger partial charge in [0.05, 0.1) is 19.4 Å². The van der Waals surface area contributed by atoms with E-state index in [0.29, 0.717) is 19.9 Å². The van der Waals surface area contributed by atoms with Crippen molar-refractivity contribution in [2.75, 3.05) is 38.3 Å². The van der Waals surface area contributed by atoms with Crippen molar-refractivity contribution in [1.29, 1.82) is 0 Å². The average molecular weight is 337 g/mol. The summed E-state index contributed by atoms with van der Waals surface area (Å²) in [7, 11) is 1.65. The van der Waals surface area contributed by atoms with Crippen LogP contribution in [0.2, 0.25) is 0 Å². The number of hydrogen-bond donors (Lipinski definition) is 0. The van der Waals surface area contributed by atoms with Gasteiger partial charge in [-0.3, -0.25) is 0 Å². The topological polar surface area (TPSA) is 65.3 Å². The SMILES string of the molecule is COCCOCn1cc(-c2csc(N3CCC(C)CC3)n2)nn1. The minimum atomic E-state index is 0.372. The number of hydrogen-bond acceptors (Lipinski definition) is 7. The zero-order valence-electron chi connectivity index (χ0n) is 13.6. The van der Waals surface area contributed by atoms with Crippen LogP contribution in [0.3, 0.4) is 0 Å². The van der Waals surface area contributed by atoms with Crippen LogP contribution in [0.5, 0.6) is 0 Å². The third kappa shape index (κ3) is 4.27. The largest absolute Gasteiger partial charge is 0.382 e. The first-order chi connectivity index (χ1) is 11.3. The van der Waals surface area contributed by atoms with Gasteiger partial charge in [-0.2, -0.15) is 0 Å². The molecule has 0 radical (unpaired) electrons. The highest BCUT2D eigenvalue weighted by molar-refractivity contribution is 7.14. The van der Waals surface area contributed by atoms with Crippen LogP contribution in [0.1, 0.15) is 19.8 Å². The fourth-order valence-electron chi connectivity index (χ4n) is 2.51. The summed E-state index contributed by atoms with van der Waals surface area (Å²) < 4.78 is 12.0. The maximum absolute atomic E-state index is 5.43. The number of methoxy groups -OCH3 is 1. The Bertz CT molecular complexity index is 607. The van der Waals surface area contributed by atoms with Gasteiger partial charge in [-0.15, -0.1) is 16.4 Å². The van der Waals surface area contributed by atoms with Crippen LogP contribution in [0.4, 0.5) is 5.13 Å². The van der Waals surface area contributed by atoms with Gasteiger partial charge < -0.3 is 14.4 Å². The van der Waals surface area contributed by atoms with Crippen LogP contribution in [0.25, 0.3) is 11.4 Å². The van der Waals surface area contributed by atoms with Crippen LogP contribution < -0.4 is 4.90 Å². The number of rotatable bonds is 7. The van der Waals surface area contributed by atoms with Crippen molar-refractivity contribution < 1.29 is 9.47 Å². The molecule has 1 aliphatic rings. The molecule has 0 amide bonds. The molecule has 0 N–H and O–H groups in total. The van der Waals surface area contributed by atoms with Gasteiger partial charge in [0.15, 0.2) is 5.13 Å². The third-order valence-corrected chi connectivity index (χ3v) is 4.90. The molecule has 8 heteroatoms. The van der Waals surface area contributed by atoms with E-state index >= 15 is 0 Å². The summed E-state index contributed by atoms with van der Waals surface area (Å²) in [5.74, 6) is 0.823. The van der Waals surface area contributed by atoms with E-state index in [1.54, 1.807) is 23.1 Å². The predicted molar refractivity (Wildman–Crippen MR) is 89.6 cm³/mol. The molecule has 7 nitrogen and oxygen atoms in total. The third-order valence-electron chi connectivity index (χ3n) is 4.00. The van der Waals surface area contributed by atoms with Gasteiger partial charge in [0.1, 0.15) is 18.1 Å². The van der Waals surface area contributed by atoms with Gasteiger partial charge in [0.25, 0.3) is 0 Å². The molecule has 3 heterocycles. The minimum Gasteiger partial charge on any atom is -0.382 e. The van der Waals surface area contributed by atoms with Crippen molar-refractivity contribution in [3.63, 3.8) is 0 Å². The zero-order valence-corrected chi connectivity index (χ0v) is 14.5. The minimum absolute atomic E-state index is 0.372. The lowest BCUT2D eigenvalue weighted by atomic mass is 10.00. The van der Waals surface area contributed by atoms with E-state index in [-0.39, 0.29) is 0 Å². The van der Waals surface area contributed by atoms with Crippen LogP contribution in [-0.2, 0) is 16.2 Å². The van der Waals surface area contributed by atoms with Crippen molar-refractivity contribution in [2.24, 2.45) is 5.92 Å². The molecule has 0 aromatic carbocycles. The summed E-state index contributed by atoms with van der Waals surface area (Å²) in [4.78, 5) is 7.09. The number of ether oxygens (including phenoxy) is 2. The van der Waals surface area contributed by atoms with Gasteiger partial charge in [0.2, 0.25) is 0 Å². The first-order valence-electron chi connectivity index (χ1n) is 7.94. The summed E-state index contributed by atoms with van der Waals surface area (Å²) in [5.41, 5.74) is 1.67. The quantitative estimate of drug-likeness (QED) is 0.722. The molecule has 0 bridgehead atoms. The van der Waals surface area contributed by atoms with Gasteiger partial charge in [-0.1, -0.05) is 12.1 Å². The normalized spacial score (nSPS) is 16.2. The molecule has 0 atom stereocenters. The number of piperidine rings is 1. The molecule has 126 valence electrons. The molecule has 3 rings (SSSR count). The van der Waals surface area contributed by atoms with Gasteiger partial charge in [-0.05, 0) is 18.8 Å². The van der Waals surface area contributed by atoms with Crippen molar-refractivity contribution in [3.05, 3.63) is 11.6 Å². The molecule has 1 aliphatic heterocycles. The van der Waals surface area contributed by atoms with E-state index in [4.69, 9.17) is 14.5 Å². The summed E-state index contributed by atoms with van der Waals surface area (Å²) >= 11 is 1.68.